The highest BCUT2D eigenvalue weighted by Crippen LogP contribution is 2.21. The molecular formula is C14H17N3O3. The third-order valence-electron chi connectivity index (χ3n) is 3.06. The summed E-state index contributed by atoms with van der Waals surface area (Å²) in [6, 6.07) is 9.34. The lowest BCUT2D eigenvalue weighted by Crippen LogP contribution is -2.51. The fraction of sp³-hybridized carbons (Fsp3) is 0.286. The number of carbonyl (C=O) groups excluding carboxylic acids is 1. The summed E-state index contributed by atoms with van der Waals surface area (Å²) in [4.78, 5) is 12.2. The number of aromatic nitrogens is 2. The monoisotopic (exact) mass is 275 g/mol. The first-order valence-corrected chi connectivity index (χ1v) is 6.22. The summed E-state index contributed by atoms with van der Waals surface area (Å²) in [7, 11) is 0. The average molecular weight is 275 g/mol. The first-order valence-electron chi connectivity index (χ1n) is 6.22. The smallest absolute Gasteiger partial charge is 0.255 e. The van der Waals surface area contributed by atoms with E-state index in [4.69, 9.17) is 0 Å². The number of aliphatic hydroxyl groups is 2. The summed E-state index contributed by atoms with van der Waals surface area (Å²) in [5.74, 6) is -0.400. The van der Waals surface area contributed by atoms with Crippen molar-refractivity contribution in [1.82, 2.24) is 15.5 Å². The van der Waals surface area contributed by atoms with Crippen LogP contribution in [-0.2, 0) is 0 Å². The van der Waals surface area contributed by atoms with Gasteiger partial charge in [0, 0.05) is 5.56 Å². The largest absolute Gasteiger partial charge is 0.394 e. The Morgan fingerprint density at radius 3 is 2.55 bits per heavy atom. The van der Waals surface area contributed by atoms with Crippen molar-refractivity contribution in [3.63, 3.8) is 0 Å². The van der Waals surface area contributed by atoms with E-state index in [1.54, 1.807) is 6.92 Å². The molecule has 1 heterocycles. The lowest BCUT2D eigenvalue weighted by atomic mass is 10.0. The number of hydrogen-bond acceptors (Lipinski definition) is 4. The molecule has 0 atom stereocenters. The molecule has 0 saturated carbocycles. The van der Waals surface area contributed by atoms with Gasteiger partial charge in [-0.1, -0.05) is 30.3 Å². The van der Waals surface area contributed by atoms with Crippen LogP contribution in [0.1, 0.15) is 17.3 Å². The summed E-state index contributed by atoms with van der Waals surface area (Å²) in [5.41, 5.74) is 0.734. The number of carbonyl (C=O) groups is 1. The zero-order chi connectivity index (χ0) is 14.6. The molecule has 0 unspecified atom stereocenters. The Hall–Kier alpha value is -2.18. The Bertz CT molecular complexity index is 576. The molecule has 2 rings (SSSR count). The molecule has 6 nitrogen and oxygen atoms in total. The first kappa shape index (κ1) is 14.2. The minimum absolute atomic E-state index is 0.353. The van der Waals surface area contributed by atoms with Gasteiger partial charge in [-0.05, 0) is 6.92 Å². The van der Waals surface area contributed by atoms with E-state index >= 15 is 0 Å². The minimum Gasteiger partial charge on any atom is -0.394 e. The zero-order valence-electron chi connectivity index (χ0n) is 11.1. The quantitative estimate of drug-likeness (QED) is 0.640. The summed E-state index contributed by atoms with van der Waals surface area (Å²) < 4.78 is 0. The fourth-order valence-electron chi connectivity index (χ4n) is 1.75. The van der Waals surface area contributed by atoms with Crippen LogP contribution in [0.15, 0.2) is 36.5 Å². The lowest BCUT2D eigenvalue weighted by Gasteiger charge is -2.26. The Balaban J connectivity index is 2.27. The van der Waals surface area contributed by atoms with E-state index in [9.17, 15) is 15.0 Å². The number of rotatable bonds is 5. The van der Waals surface area contributed by atoms with Crippen LogP contribution in [-0.4, -0.2) is 45.1 Å². The molecule has 0 saturated heterocycles. The van der Waals surface area contributed by atoms with Crippen LogP contribution in [0.4, 0.5) is 0 Å². The number of nitrogens with zero attached hydrogens (tertiary/aromatic N) is 1. The van der Waals surface area contributed by atoms with E-state index in [1.807, 2.05) is 30.3 Å². The maximum atomic E-state index is 12.2. The summed E-state index contributed by atoms with van der Waals surface area (Å²) in [6.45, 7) is 0.856. The zero-order valence-corrected chi connectivity index (χ0v) is 11.1. The summed E-state index contributed by atoms with van der Waals surface area (Å²) in [6.07, 6.45) is 1.42. The molecule has 0 fully saturated rings. The van der Waals surface area contributed by atoms with Gasteiger partial charge in [-0.3, -0.25) is 9.89 Å². The molecule has 20 heavy (non-hydrogen) atoms. The maximum absolute atomic E-state index is 12.2. The molecule has 0 bridgehead atoms. The van der Waals surface area contributed by atoms with Crippen LogP contribution in [0.2, 0.25) is 0 Å². The number of amides is 1. The normalized spacial score (nSPS) is 11.3. The number of aliphatic hydroxyl groups excluding tert-OH is 2. The third-order valence-corrected chi connectivity index (χ3v) is 3.06. The Morgan fingerprint density at radius 1 is 1.30 bits per heavy atom. The van der Waals surface area contributed by atoms with E-state index in [1.165, 1.54) is 6.20 Å². The predicted molar refractivity (Wildman–Crippen MR) is 74.1 cm³/mol. The molecule has 2 aromatic rings. The van der Waals surface area contributed by atoms with Gasteiger partial charge in [-0.25, -0.2) is 0 Å². The first-order chi connectivity index (χ1) is 9.59. The van der Waals surface area contributed by atoms with E-state index in [0.29, 0.717) is 11.3 Å². The SMILES string of the molecule is CC(CO)(CO)NC(=O)c1cn[nH]c1-c1ccccc1. The molecule has 106 valence electrons. The van der Waals surface area contributed by atoms with Gasteiger partial charge in [0.05, 0.1) is 36.2 Å². The molecule has 4 N–H and O–H groups in total. The topological polar surface area (TPSA) is 98.2 Å². The van der Waals surface area contributed by atoms with Gasteiger partial charge in [-0.15, -0.1) is 0 Å². The van der Waals surface area contributed by atoms with E-state index in [-0.39, 0.29) is 13.2 Å². The predicted octanol–water partition coefficient (Wildman–Crippen LogP) is 0.550. The number of H-pyrrole nitrogens is 1. The van der Waals surface area contributed by atoms with Gasteiger partial charge in [0.15, 0.2) is 0 Å². The van der Waals surface area contributed by atoms with E-state index in [2.05, 4.69) is 15.5 Å². The fourth-order valence-corrected chi connectivity index (χ4v) is 1.75. The highest BCUT2D eigenvalue weighted by molar-refractivity contribution is 6.00. The van der Waals surface area contributed by atoms with Crippen molar-refractivity contribution in [2.24, 2.45) is 0 Å². The molecule has 0 radical (unpaired) electrons. The van der Waals surface area contributed by atoms with Crippen molar-refractivity contribution in [3.05, 3.63) is 42.1 Å². The highest BCUT2D eigenvalue weighted by atomic mass is 16.3. The maximum Gasteiger partial charge on any atom is 0.255 e. The Kier molecular flexibility index (Phi) is 4.16. The second kappa shape index (κ2) is 5.85. The molecule has 6 heteroatoms. The average Bonchev–Trinajstić information content (AvgIpc) is 2.97. The van der Waals surface area contributed by atoms with Crippen molar-refractivity contribution in [3.8, 4) is 11.3 Å². The van der Waals surface area contributed by atoms with Gasteiger partial charge in [0.25, 0.3) is 5.91 Å². The molecule has 1 aromatic carbocycles. The van der Waals surface area contributed by atoms with Gasteiger partial charge in [0.1, 0.15) is 0 Å². The molecule has 0 aliphatic rings. The van der Waals surface area contributed by atoms with Crippen molar-refractivity contribution >= 4 is 5.91 Å². The van der Waals surface area contributed by atoms with E-state index < -0.39 is 11.4 Å². The van der Waals surface area contributed by atoms with Crippen molar-refractivity contribution in [1.29, 1.82) is 0 Å². The van der Waals surface area contributed by atoms with Crippen LogP contribution in [0, 0.1) is 0 Å². The minimum atomic E-state index is -1.07. The van der Waals surface area contributed by atoms with Crippen molar-refractivity contribution in [2.45, 2.75) is 12.5 Å². The standard InChI is InChI=1S/C14H17N3O3/c1-14(8-18,9-19)16-13(20)11-7-15-17-12(11)10-5-3-2-4-6-10/h2-7,18-19H,8-9H2,1H3,(H,15,17)(H,16,20). The van der Waals surface area contributed by atoms with Crippen LogP contribution >= 0.6 is 0 Å². The number of aromatic amines is 1. The molecule has 0 spiro atoms. The molecular weight excluding hydrogens is 258 g/mol. The molecule has 0 aliphatic heterocycles. The van der Waals surface area contributed by atoms with Crippen molar-refractivity contribution in [2.75, 3.05) is 13.2 Å². The van der Waals surface area contributed by atoms with Gasteiger partial charge >= 0.3 is 0 Å². The van der Waals surface area contributed by atoms with Crippen LogP contribution in [0.25, 0.3) is 11.3 Å². The van der Waals surface area contributed by atoms with Gasteiger partial charge in [-0.2, -0.15) is 5.10 Å². The van der Waals surface area contributed by atoms with E-state index in [0.717, 1.165) is 5.56 Å². The van der Waals surface area contributed by atoms with Crippen molar-refractivity contribution < 1.29 is 15.0 Å². The molecule has 0 aliphatic carbocycles. The van der Waals surface area contributed by atoms with Gasteiger partial charge < -0.3 is 15.5 Å². The second-order valence-corrected chi connectivity index (χ2v) is 4.86. The summed E-state index contributed by atoms with van der Waals surface area (Å²) >= 11 is 0. The lowest BCUT2D eigenvalue weighted by molar-refractivity contribution is 0.0724. The number of hydrogen-bond donors (Lipinski definition) is 4. The second-order valence-electron chi connectivity index (χ2n) is 4.86. The number of nitrogens with one attached hydrogen (secondary N) is 2. The summed E-state index contributed by atoms with van der Waals surface area (Å²) in [5, 5.41) is 27.7. The van der Waals surface area contributed by atoms with Crippen LogP contribution in [0.5, 0.6) is 0 Å². The number of benzene rings is 1. The third kappa shape index (κ3) is 2.87. The van der Waals surface area contributed by atoms with Crippen LogP contribution < -0.4 is 5.32 Å². The molecule has 1 aromatic heterocycles. The Morgan fingerprint density at radius 2 is 1.95 bits per heavy atom. The molecule has 1 amide bonds. The Labute approximate surface area is 116 Å². The highest BCUT2D eigenvalue weighted by Gasteiger charge is 2.27. The van der Waals surface area contributed by atoms with Gasteiger partial charge in [0.2, 0.25) is 0 Å². The van der Waals surface area contributed by atoms with Crippen LogP contribution in [0.3, 0.4) is 0 Å².